The van der Waals surface area contributed by atoms with E-state index >= 15 is 0 Å². The SMILES string of the molecule is Cc1nnc2n1CC(C(=O)O)N(Cc1csc(-c3cccs3)n1)C2. The van der Waals surface area contributed by atoms with Crippen molar-refractivity contribution < 1.29 is 9.90 Å². The quantitative estimate of drug-likeness (QED) is 0.767. The monoisotopic (exact) mass is 361 g/mol. The van der Waals surface area contributed by atoms with Crippen LogP contribution in [-0.4, -0.2) is 41.8 Å². The zero-order valence-electron chi connectivity index (χ0n) is 12.9. The van der Waals surface area contributed by atoms with Gasteiger partial charge in [0.1, 0.15) is 22.7 Å². The normalized spacial score (nSPS) is 17.8. The van der Waals surface area contributed by atoms with Gasteiger partial charge >= 0.3 is 5.97 Å². The van der Waals surface area contributed by atoms with E-state index in [-0.39, 0.29) is 0 Å². The summed E-state index contributed by atoms with van der Waals surface area (Å²) in [4.78, 5) is 19.4. The van der Waals surface area contributed by atoms with Crippen LogP contribution in [0.15, 0.2) is 22.9 Å². The number of carboxylic acids is 1. The third-order valence-electron chi connectivity index (χ3n) is 4.09. The van der Waals surface area contributed by atoms with Crippen molar-refractivity contribution in [3.8, 4) is 9.88 Å². The van der Waals surface area contributed by atoms with Crippen LogP contribution in [0.3, 0.4) is 0 Å². The fourth-order valence-electron chi connectivity index (χ4n) is 2.86. The summed E-state index contributed by atoms with van der Waals surface area (Å²) in [5, 5.41) is 22.8. The Morgan fingerprint density at radius 3 is 3.04 bits per heavy atom. The minimum Gasteiger partial charge on any atom is -0.480 e. The molecule has 0 bridgehead atoms. The van der Waals surface area contributed by atoms with Crippen molar-refractivity contribution in [3.63, 3.8) is 0 Å². The van der Waals surface area contributed by atoms with Crippen LogP contribution < -0.4 is 0 Å². The van der Waals surface area contributed by atoms with Gasteiger partial charge < -0.3 is 9.67 Å². The summed E-state index contributed by atoms with van der Waals surface area (Å²) in [5.41, 5.74) is 0.888. The number of aliphatic carboxylic acids is 1. The fourth-order valence-corrected chi connectivity index (χ4v) is 4.49. The van der Waals surface area contributed by atoms with Crippen molar-refractivity contribution >= 4 is 28.6 Å². The van der Waals surface area contributed by atoms with Crippen LogP contribution in [-0.2, 0) is 24.4 Å². The molecule has 3 aromatic rings. The Bertz CT molecular complexity index is 870. The Morgan fingerprint density at radius 1 is 1.42 bits per heavy atom. The first-order valence-electron chi connectivity index (χ1n) is 7.45. The number of rotatable bonds is 4. The molecule has 3 aromatic heterocycles. The number of thiazole rings is 1. The molecule has 0 spiro atoms. The van der Waals surface area contributed by atoms with Gasteiger partial charge in [-0.15, -0.1) is 32.9 Å². The maximum atomic E-state index is 11.7. The third kappa shape index (κ3) is 2.74. The molecule has 124 valence electrons. The van der Waals surface area contributed by atoms with E-state index in [9.17, 15) is 9.90 Å². The van der Waals surface area contributed by atoms with Crippen molar-refractivity contribution in [3.05, 3.63) is 40.2 Å². The number of aromatic nitrogens is 4. The van der Waals surface area contributed by atoms with Gasteiger partial charge in [-0.1, -0.05) is 6.07 Å². The van der Waals surface area contributed by atoms with Crippen LogP contribution in [0.5, 0.6) is 0 Å². The summed E-state index contributed by atoms with van der Waals surface area (Å²) >= 11 is 3.24. The molecule has 0 amide bonds. The van der Waals surface area contributed by atoms with Gasteiger partial charge in [0, 0.05) is 11.9 Å². The lowest BCUT2D eigenvalue weighted by Gasteiger charge is -2.32. The summed E-state index contributed by atoms with van der Waals surface area (Å²) in [7, 11) is 0. The standard InChI is InChI=1S/C15H15N5O2S2/c1-9-17-18-13-7-19(11(15(21)22)6-20(9)13)5-10-8-24-14(16-10)12-3-2-4-23-12/h2-4,8,11H,5-7H2,1H3,(H,21,22). The number of carbonyl (C=O) groups is 1. The van der Waals surface area contributed by atoms with Crippen LogP contribution in [0, 0.1) is 6.92 Å². The number of hydrogen-bond acceptors (Lipinski definition) is 7. The number of aryl methyl sites for hydroxylation is 1. The molecule has 9 heteroatoms. The second kappa shape index (κ2) is 6.08. The van der Waals surface area contributed by atoms with Gasteiger partial charge in [0.25, 0.3) is 0 Å². The van der Waals surface area contributed by atoms with Crippen LogP contribution in [0.1, 0.15) is 17.3 Å². The van der Waals surface area contributed by atoms with E-state index < -0.39 is 12.0 Å². The van der Waals surface area contributed by atoms with Gasteiger partial charge in [-0.3, -0.25) is 9.69 Å². The van der Waals surface area contributed by atoms with E-state index in [1.165, 1.54) is 0 Å². The highest BCUT2D eigenvalue weighted by molar-refractivity contribution is 7.20. The molecule has 1 N–H and O–H groups in total. The second-order valence-electron chi connectivity index (χ2n) is 5.65. The Labute approximate surface area is 146 Å². The molecule has 4 rings (SSSR count). The molecule has 0 saturated heterocycles. The van der Waals surface area contributed by atoms with E-state index in [0.717, 1.165) is 27.2 Å². The number of hydrogen-bond donors (Lipinski definition) is 1. The second-order valence-corrected chi connectivity index (χ2v) is 7.46. The zero-order chi connectivity index (χ0) is 16.7. The third-order valence-corrected chi connectivity index (χ3v) is 6.02. The summed E-state index contributed by atoms with van der Waals surface area (Å²) in [6.07, 6.45) is 0. The lowest BCUT2D eigenvalue weighted by Crippen LogP contribution is -2.47. The molecule has 7 nitrogen and oxygen atoms in total. The van der Waals surface area contributed by atoms with E-state index in [1.54, 1.807) is 22.7 Å². The van der Waals surface area contributed by atoms with Crippen LogP contribution in [0.4, 0.5) is 0 Å². The molecule has 0 radical (unpaired) electrons. The van der Waals surface area contributed by atoms with Crippen LogP contribution in [0.2, 0.25) is 0 Å². The number of thiophene rings is 1. The molecule has 1 unspecified atom stereocenters. The first kappa shape index (κ1) is 15.4. The topological polar surface area (TPSA) is 84.1 Å². The van der Waals surface area contributed by atoms with Gasteiger partial charge in [-0.05, 0) is 18.4 Å². The number of carboxylic acid groups (broad SMARTS) is 1. The molecule has 0 aliphatic carbocycles. The van der Waals surface area contributed by atoms with Gasteiger partial charge in [-0.25, -0.2) is 4.98 Å². The summed E-state index contributed by atoms with van der Waals surface area (Å²) in [5.74, 6) is 0.728. The Hall–Kier alpha value is -2.10. The minimum absolute atomic E-state index is 0.366. The maximum Gasteiger partial charge on any atom is 0.322 e. The molecule has 0 saturated carbocycles. The fraction of sp³-hybridized carbons (Fsp3) is 0.333. The highest BCUT2D eigenvalue weighted by Gasteiger charge is 2.33. The Morgan fingerprint density at radius 2 is 2.29 bits per heavy atom. The van der Waals surface area contributed by atoms with Crippen molar-refractivity contribution in [2.24, 2.45) is 0 Å². The average molecular weight is 361 g/mol. The molecule has 1 aliphatic heterocycles. The van der Waals surface area contributed by atoms with Crippen LogP contribution >= 0.6 is 22.7 Å². The summed E-state index contributed by atoms with van der Waals surface area (Å²) in [6, 6.07) is 3.44. The first-order chi connectivity index (χ1) is 11.6. The predicted molar refractivity (Wildman–Crippen MR) is 90.9 cm³/mol. The lowest BCUT2D eigenvalue weighted by atomic mass is 10.2. The van der Waals surface area contributed by atoms with Gasteiger partial charge in [0.2, 0.25) is 0 Å². The van der Waals surface area contributed by atoms with Crippen LogP contribution in [0.25, 0.3) is 9.88 Å². The van der Waals surface area contributed by atoms with Crippen molar-refractivity contribution in [1.29, 1.82) is 0 Å². The van der Waals surface area contributed by atoms with E-state index in [4.69, 9.17) is 0 Å². The maximum absolute atomic E-state index is 11.7. The average Bonchev–Trinajstić information content (AvgIpc) is 3.28. The molecule has 0 fully saturated rings. The summed E-state index contributed by atoms with van der Waals surface area (Å²) in [6.45, 7) is 3.17. The van der Waals surface area contributed by atoms with Gasteiger partial charge in [-0.2, -0.15) is 0 Å². The highest BCUT2D eigenvalue weighted by atomic mass is 32.1. The lowest BCUT2D eigenvalue weighted by molar-refractivity contribution is -0.145. The molecular formula is C15H15N5O2S2. The first-order valence-corrected chi connectivity index (χ1v) is 9.21. The number of fused-ring (bicyclic) bond motifs is 1. The van der Waals surface area contributed by atoms with E-state index in [0.29, 0.717) is 19.6 Å². The van der Waals surface area contributed by atoms with Crippen molar-refractivity contribution in [2.75, 3.05) is 0 Å². The highest BCUT2D eigenvalue weighted by Crippen LogP contribution is 2.29. The Kier molecular flexibility index (Phi) is 3.91. The summed E-state index contributed by atoms with van der Waals surface area (Å²) < 4.78 is 1.88. The van der Waals surface area contributed by atoms with Gasteiger partial charge in [0.05, 0.1) is 23.7 Å². The smallest absolute Gasteiger partial charge is 0.322 e. The largest absolute Gasteiger partial charge is 0.480 e. The van der Waals surface area contributed by atoms with Crippen molar-refractivity contribution in [2.45, 2.75) is 32.6 Å². The molecule has 1 aliphatic rings. The minimum atomic E-state index is -0.831. The zero-order valence-corrected chi connectivity index (χ0v) is 14.5. The number of nitrogens with zero attached hydrogens (tertiary/aromatic N) is 5. The molecular weight excluding hydrogens is 346 g/mol. The van der Waals surface area contributed by atoms with Crippen molar-refractivity contribution in [1.82, 2.24) is 24.6 Å². The van der Waals surface area contributed by atoms with E-state index in [2.05, 4.69) is 15.2 Å². The van der Waals surface area contributed by atoms with E-state index in [1.807, 2.05) is 39.3 Å². The predicted octanol–water partition coefficient (Wildman–Crippen LogP) is 2.24. The Balaban J connectivity index is 1.57. The molecule has 0 aromatic carbocycles. The molecule has 4 heterocycles. The molecule has 24 heavy (non-hydrogen) atoms. The van der Waals surface area contributed by atoms with Gasteiger partial charge in [0.15, 0.2) is 0 Å². The molecule has 1 atom stereocenters.